The van der Waals surface area contributed by atoms with E-state index in [1.165, 1.54) is 372 Å². The standard InChI is InChI=1S/C81H155NO5/c1-3-5-7-9-11-13-15-17-19-46-49-53-57-61-65-69-73-79(84)78(77-83)82-80(85)74-70-66-62-58-54-50-47-43-41-39-37-35-33-31-29-27-25-23-21-20-22-24-26-28-30-32-34-36-38-40-42-44-48-52-56-60-64-68-72-76-87-81(86)75-71-67-63-59-55-51-45-18-16-14-12-10-8-6-4-2/h18,20-21,45,69,73,78-79,83-84H,3-17,19,22-44,46-68,70-72,74-77H2,1-2H3,(H,82,85)/b21-20-,45-18-,73-69+. The monoisotopic (exact) mass is 1220 g/mol. The number of ether oxygens (including phenoxy) is 1. The van der Waals surface area contributed by atoms with Crippen molar-refractivity contribution in [3.8, 4) is 0 Å². The number of amides is 1. The maximum atomic E-state index is 12.5. The number of rotatable bonds is 75. The summed E-state index contributed by atoms with van der Waals surface area (Å²) in [5.74, 6) is -0.0456. The Labute approximate surface area is 544 Å². The highest BCUT2D eigenvalue weighted by Gasteiger charge is 2.18. The molecule has 0 rings (SSSR count). The van der Waals surface area contributed by atoms with E-state index < -0.39 is 12.1 Å². The van der Waals surface area contributed by atoms with E-state index in [2.05, 4.69) is 43.5 Å². The Hall–Kier alpha value is -1.92. The Morgan fingerprint density at radius 3 is 0.816 bits per heavy atom. The van der Waals surface area contributed by atoms with Crippen LogP contribution in [0.3, 0.4) is 0 Å². The fourth-order valence-electron chi connectivity index (χ4n) is 12.6. The first-order valence-corrected chi connectivity index (χ1v) is 39.8. The summed E-state index contributed by atoms with van der Waals surface area (Å²) in [5, 5.41) is 23.2. The Bertz CT molecular complexity index is 1410. The number of esters is 1. The molecule has 0 fully saturated rings. The fourth-order valence-corrected chi connectivity index (χ4v) is 12.6. The zero-order chi connectivity index (χ0) is 62.8. The first-order valence-electron chi connectivity index (χ1n) is 39.8. The van der Waals surface area contributed by atoms with Crippen LogP contribution in [-0.2, 0) is 14.3 Å². The van der Waals surface area contributed by atoms with Crippen LogP contribution < -0.4 is 5.32 Å². The topological polar surface area (TPSA) is 95.9 Å². The molecule has 0 saturated heterocycles. The molecule has 0 saturated carbocycles. The molecule has 0 aromatic rings. The van der Waals surface area contributed by atoms with Crippen LogP contribution in [-0.4, -0.2) is 47.4 Å². The molecule has 87 heavy (non-hydrogen) atoms. The van der Waals surface area contributed by atoms with Crippen LogP contribution in [0, 0.1) is 0 Å². The zero-order valence-electron chi connectivity index (χ0n) is 59.0. The molecule has 0 aliphatic heterocycles. The van der Waals surface area contributed by atoms with Crippen LogP contribution in [0.15, 0.2) is 36.5 Å². The highest BCUT2D eigenvalue weighted by Crippen LogP contribution is 2.19. The van der Waals surface area contributed by atoms with Gasteiger partial charge in [-0.05, 0) is 83.5 Å². The lowest BCUT2D eigenvalue weighted by molar-refractivity contribution is -0.143. The van der Waals surface area contributed by atoms with Crippen LogP contribution in [0.25, 0.3) is 0 Å². The van der Waals surface area contributed by atoms with Crippen molar-refractivity contribution in [1.29, 1.82) is 0 Å². The lowest BCUT2D eigenvalue weighted by atomic mass is 10.0. The predicted molar refractivity (Wildman–Crippen MR) is 384 cm³/mol. The lowest BCUT2D eigenvalue weighted by Gasteiger charge is -2.20. The highest BCUT2D eigenvalue weighted by molar-refractivity contribution is 5.76. The molecule has 0 radical (unpaired) electrons. The molecule has 0 aliphatic carbocycles. The summed E-state index contributed by atoms with van der Waals surface area (Å²) in [4.78, 5) is 24.6. The third-order valence-electron chi connectivity index (χ3n) is 18.6. The van der Waals surface area contributed by atoms with Crippen LogP contribution in [0.4, 0.5) is 0 Å². The second kappa shape index (κ2) is 76.5. The molecule has 0 bridgehead atoms. The van der Waals surface area contributed by atoms with Crippen LogP contribution in [0.5, 0.6) is 0 Å². The Morgan fingerprint density at radius 1 is 0.310 bits per heavy atom. The van der Waals surface area contributed by atoms with E-state index in [1.807, 2.05) is 6.08 Å². The number of aliphatic hydroxyl groups is 2. The van der Waals surface area contributed by atoms with Gasteiger partial charge in [-0.2, -0.15) is 0 Å². The first kappa shape index (κ1) is 85.1. The smallest absolute Gasteiger partial charge is 0.305 e. The minimum absolute atomic E-state index is 0.0149. The second-order valence-corrected chi connectivity index (χ2v) is 27.4. The molecule has 2 atom stereocenters. The van der Waals surface area contributed by atoms with Gasteiger partial charge in [-0.25, -0.2) is 0 Å². The number of hydrogen-bond acceptors (Lipinski definition) is 5. The Morgan fingerprint density at radius 2 is 0.540 bits per heavy atom. The van der Waals surface area contributed by atoms with Crippen molar-refractivity contribution in [3.63, 3.8) is 0 Å². The van der Waals surface area contributed by atoms with Crippen LogP contribution in [0.2, 0.25) is 0 Å². The predicted octanol–water partition coefficient (Wildman–Crippen LogP) is 26.2. The number of carbonyl (C=O) groups is 2. The molecule has 0 spiro atoms. The summed E-state index contributed by atoms with van der Waals surface area (Å²) in [5.41, 5.74) is 0. The molecule has 3 N–H and O–H groups in total. The first-order chi connectivity index (χ1) is 43.0. The number of unbranched alkanes of at least 4 members (excludes halogenated alkanes) is 60. The van der Waals surface area contributed by atoms with Gasteiger partial charge in [0.25, 0.3) is 0 Å². The van der Waals surface area contributed by atoms with Crippen LogP contribution >= 0.6 is 0 Å². The van der Waals surface area contributed by atoms with Crippen molar-refractivity contribution in [3.05, 3.63) is 36.5 Å². The number of aliphatic hydroxyl groups excluding tert-OH is 2. The van der Waals surface area contributed by atoms with Crippen molar-refractivity contribution in [2.24, 2.45) is 0 Å². The summed E-state index contributed by atoms with van der Waals surface area (Å²) < 4.78 is 5.50. The largest absolute Gasteiger partial charge is 0.466 e. The van der Waals surface area contributed by atoms with Crippen molar-refractivity contribution < 1.29 is 24.5 Å². The zero-order valence-corrected chi connectivity index (χ0v) is 59.0. The van der Waals surface area contributed by atoms with Gasteiger partial charge >= 0.3 is 5.97 Å². The van der Waals surface area contributed by atoms with Gasteiger partial charge in [-0.15, -0.1) is 0 Å². The number of nitrogens with one attached hydrogen (secondary N) is 1. The summed E-state index contributed by atoms with van der Waals surface area (Å²) >= 11 is 0. The fraction of sp³-hybridized carbons (Fsp3) is 0.901. The molecule has 0 aromatic carbocycles. The van der Waals surface area contributed by atoms with E-state index in [4.69, 9.17) is 4.74 Å². The maximum absolute atomic E-state index is 12.5. The number of carbonyl (C=O) groups excluding carboxylic acids is 2. The van der Waals surface area contributed by atoms with Gasteiger partial charge in [0, 0.05) is 12.8 Å². The summed E-state index contributed by atoms with van der Waals surface area (Å²) in [6.45, 7) is 4.94. The third-order valence-corrected chi connectivity index (χ3v) is 18.6. The molecule has 0 aromatic heterocycles. The molecule has 1 amide bonds. The lowest BCUT2D eigenvalue weighted by Crippen LogP contribution is -2.45. The van der Waals surface area contributed by atoms with Gasteiger partial charge in [-0.3, -0.25) is 9.59 Å². The Kier molecular flexibility index (Phi) is 74.8. The van der Waals surface area contributed by atoms with Gasteiger partial charge in [0.05, 0.1) is 25.4 Å². The molecule has 2 unspecified atom stereocenters. The average molecular weight is 1220 g/mol. The molecule has 514 valence electrons. The van der Waals surface area contributed by atoms with Crippen molar-refractivity contribution >= 4 is 11.9 Å². The minimum Gasteiger partial charge on any atom is -0.466 e. The molecule has 6 nitrogen and oxygen atoms in total. The normalized spacial score (nSPS) is 12.6. The highest BCUT2D eigenvalue weighted by atomic mass is 16.5. The van der Waals surface area contributed by atoms with E-state index >= 15 is 0 Å². The van der Waals surface area contributed by atoms with Crippen molar-refractivity contribution in [1.82, 2.24) is 5.32 Å². The van der Waals surface area contributed by atoms with E-state index in [0.717, 1.165) is 44.9 Å². The van der Waals surface area contributed by atoms with Crippen LogP contribution in [0.1, 0.15) is 444 Å². The minimum atomic E-state index is -0.841. The number of hydrogen-bond donors (Lipinski definition) is 3. The van der Waals surface area contributed by atoms with E-state index in [0.29, 0.717) is 19.4 Å². The molecular weight excluding hydrogens is 1070 g/mol. The molecule has 6 heteroatoms. The van der Waals surface area contributed by atoms with E-state index in [1.54, 1.807) is 6.08 Å². The van der Waals surface area contributed by atoms with Gasteiger partial charge in [0.2, 0.25) is 5.91 Å². The van der Waals surface area contributed by atoms with Gasteiger partial charge in [0.1, 0.15) is 0 Å². The summed E-state index contributed by atoms with van der Waals surface area (Å²) in [6.07, 6.45) is 99.9. The second-order valence-electron chi connectivity index (χ2n) is 27.4. The Balaban J connectivity index is 3.33. The van der Waals surface area contributed by atoms with E-state index in [-0.39, 0.29) is 18.5 Å². The van der Waals surface area contributed by atoms with Gasteiger partial charge < -0.3 is 20.3 Å². The molecule has 0 aliphatic rings. The SMILES string of the molecule is CCCCCCCC/C=C\CCCCCCCC(=O)OCCCCCCCCCCCCCCCCCCCC/C=C\CCCCCCCCCCCCCCCCCCCC(=O)NC(CO)C(O)/C=C/CCCCCCCCCCCCCCCC. The molecule has 0 heterocycles. The molecular formula is C81H155NO5. The van der Waals surface area contributed by atoms with E-state index in [9.17, 15) is 19.8 Å². The maximum Gasteiger partial charge on any atom is 0.305 e. The van der Waals surface area contributed by atoms with Gasteiger partial charge in [-0.1, -0.05) is 384 Å². The summed E-state index contributed by atoms with van der Waals surface area (Å²) in [6, 6.07) is -0.625. The van der Waals surface area contributed by atoms with Crippen molar-refractivity contribution in [2.75, 3.05) is 13.2 Å². The number of allylic oxidation sites excluding steroid dienone is 5. The quantitative estimate of drug-likeness (QED) is 0.0320. The third kappa shape index (κ3) is 73.0. The average Bonchev–Trinajstić information content (AvgIpc) is 3.53. The van der Waals surface area contributed by atoms with Crippen molar-refractivity contribution in [2.45, 2.75) is 456 Å². The summed E-state index contributed by atoms with van der Waals surface area (Å²) in [7, 11) is 0. The van der Waals surface area contributed by atoms with Gasteiger partial charge in [0.15, 0.2) is 0 Å².